The Bertz CT molecular complexity index is 996. The van der Waals surface area contributed by atoms with E-state index in [-0.39, 0.29) is 29.0 Å². The summed E-state index contributed by atoms with van der Waals surface area (Å²) >= 11 is 5.75. The number of alkyl halides is 3. The first-order chi connectivity index (χ1) is 13.8. The molecule has 152 valence electrons. The van der Waals surface area contributed by atoms with Crippen molar-refractivity contribution in [2.75, 3.05) is 13.7 Å². The lowest BCUT2D eigenvalue weighted by Crippen LogP contribution is -2.33. The highest BCUT2D eigenvalue weighted by atomic mass is 35.5. The van der Waals surface area contributed by atoms with E-state index in [0.717, 1.165) is 18.2 Å². The van der Waals surface area contributed by atoms with E-state index in [9.17, 15) is 18.0 Å². The monoisotopic (exact) mass is 426 g/mol. The Morgan fingerprint density at radius 1 is 1.24 bits per heavy atom. The molecule has 29 heavy (non-hydrogen) atoms. The summed E-state index contributed by atoms with van der Waals surface area (Å²) in [6, 6.07) is 3.38. The number of hydrogen-bond donors (Lipinski definition) is 1. The number of methoxy groups -OCH3 is 1. The Morgan fingerprint density at radius 2 is 1.97 bits per heavy atom. The summed E-state index contributed by atoms with van der Waals surface area (Å²) in [5.41, 5.74) is -1.28. The van der Waals surface area contributed by atoms with Crippen LogP contribution in [0.4, 0.5) is 13.2 Å². The second-order valence-electron chi connectivity index (χ2n) is 5.79. The van der Waals surface area contributed by atoms with Crippen molar-refractivity contribution in [3.63, 3.8) is 0 Å². The van der Waals surface area contributed by atoms with Gasteiger partial charge >= 0.3 is 6.18 Å². The lowest BCUT2D eigenvalue weighted by Gasteiger charge is -2.18. The van der Waals surface area contributed by atoms with Crippen LogP contribution in [-0.2, 0) is 10.9 Å². The third-order valence-corrected chi connectivity index (χ3v) is 3.97. The van der Waals surface area contributed by atoms with Gasteiger partial charge in [0.05, 0.1) is 12.2 Å². The summed E-state index contributed by atoms with van der Waals surface area (Å²) in [7, 11) is 1.40. The first-order valence-corrected chi connectivity index (χ1v) is 8.52. The van der Waals surface area contributed by atoms with E-state index in [1.165, 1.54) is 30.5 Å². The van der Waals surface area contributed by atoms with E-state index >= 15 is 0 Å². The van der Waals surface area contributed by atoms with Crippen LogP contribution in [0.2, 0.25) is 5.02 Å². The van der Waals surface area contributed by atoms with Crippen molar-refractivity contribution in [3.05, 3.63) is 65.0 Å². The minimum absolute atomic E-state index is 0.0238. The number of aromatic nitrogens is 5. The lowest BCUT2D eigenvalue weighted by molar-refractivity contribution is -0.137. The van der Waals surface area contributed by atoms with Crippen LogP contribution in [0.25, 0.3) is 5.95 Å². The molecular formula is C17H14ClF3N6O2. The molecule has 0 saturated carbocycles. The largest absolute Gasteiger partial charge is 0.416 e. The standard InChI is InChI=1S/C17H14ClF3N6O2/c1-29-8-13(14-24-9-25-27(14)16-22-3-2-4-23-16)26-15(28)10-5-11(17(19,20)21)7-12(18)6-10/h2-7,9,13H,8H2,1H3,(H,26,28). The first kappa shape index (κ1) is 20.7. The minimum Gasteiger partial charge on any atom is -0.382 e. The normalized spacial score (nSPS) is 12.6. The molecule has 1 aromatic carbocycles. The fraction of sp³-hybridized carbons (Fsp3) is 0.235. The van der Waals surface area contributed by atoms with E-state index < -0.39 is 23.7 Å². The Kier molecular flexibility index (Phi) is 6.09. The topological polar surface area (TPSA) is 94.8 Å². The van der Waals surface area contributed by atoms with Gasteiger partial charge in [0.2, 0.25) is 0 Å². The summed E-state index contributed by atoms with van der Waals surface area (Å²) < 4.78 is 45.4. The van der Waals surface area contributed by atoms with Gasteiger partial charge in [0, 0.05) is 30.1 Å². The van der Waals surface area contributed by atoms with Crippen molar-refractivity contribution in [1.29, 1.82) is 0 Å². The summed E-state index contributed by atoms with van der Waals surface area (Å²) in [6.45, 7) is -0.0238. The minimum atomic E-state index is -4.64. The maximum absolute atomic E-state index is 13.0. The molecule has 0 spiro atoms. The first-order valence-electron chi connectivity index (χ1n) is 8.14. The molecule has 0 radical (unpaired) electrons. The molecule has 12 heteroatoms. The third-order valence-electron chi connectivity index (χ3n) is 3.75. The summed E-state index contributed by atoms with van der Waals surface area (Å²) in [5.74, 6) is -0.342. The van der Waals surface area contributed by atoms with Gasteiger partial charge in [-0.1, -0.05) is 11.6 Å². The fourth-order valence-corrected chi connectivity index (χ4v) is 2.75. The number of halogens is 4. The van der Waals surface area contributed by atoms with Crippen molar-refractivity contribution in [1.82, 2.24) is 30.0 Å². The van der Waals surface area contributed by atoms with Crippen molar-refractivity contribution in [2.45, 2.75) is 12.2 Å². The molecule has 8 nitrogen and oxygen atoms in total. The zero-order valence-electron chi connectivity index (χ0n) is 14.9. The van der Waals surface area contributed by atoms with Crippen LogP contribution >= 0.6 is 11.6 Å². The highest BCUT2D eigenvalue weighted by Crippen LogP contribution is 2.32. The van der Waals surface area contributed by atoms with E-state index in [0.29, 0.717) is 0 Å². The van der Waals surface area contributed by atoms with Crippen LogP contribution in [-0.4, -0.2) is 44.4 Å². The molecule has 1 N–H and O–H groups in total. The zero-order chi connectivity index (χ0) is 21.0. The van der Waals surface area contributed by atoms with Crippen LogP contribution < -0.4 is 5.32 Å². The second kappa shape index (κ2) is 8.53. The molecule has 0 bridgehead atoms. The van der Waals surface area contributed by atoms with Gasteiger partial charge in [-0.2, -0.15) is 23.0 Å². The third kappa shape index (κ3) is 4.87. The Labute approximate surface area is 167 Å². The number of benzene rings is 1. The number of ether oxygens (including phenoxy) is 1. The van der Waals surface area contributed by atoms with E-state index in [2.05, 4.69) is 25.4 Å². The van der Waals surface area contributed by atoms with Crippen molar-refractivity contribution < 1.29 is 22.7 Å². The Balaban J connectivity index is 1.90. The predicted octanol–water partition coefficient (Wildman–Crippen LogP) is 2.85. The predicted molar refractivity (Wildman–Crippen MR) is 95.5 cm³/mol. The number of amides is 1. The highest BCUT2D eigenvalue weighted by molar-refractivity contribution is 6.31. The maximum atomic E-state index is 13.0. The van der Waals surface area contributed by atoms with Crippen LogP contribution in [0.5, 0.6) is 0 Å². The van der Waals surface area contributed by atoms with Crippen LogP contribution in [0.1, 0.15) is 27.8 Å². The number of carbonyl (C=O) groups is 1. The van der Waals surface area contributed by atoms with Crippen molar-refractivity contribution in [2.24, 2.45) is 0 Å². The molecule has 1 atom stereocenters. The van der Waals surface area contributed by atoms with Crippen LogP contribution in [0.15, 0.2) is 43.0 Å². The van der Waals surface area contributed by atoms with Gasteiger partial charge in [0.25, 0.3) is 11.9 Å². The van der Waals surface area contributed by atoms with Gasteiger partial charge in [-0.05, 0) is 24.3 Å². The molecule has 2 heterocycles. The molecule has 0 aliphatic carbocycles. The van der Waals surface area contributed by atoms with Gasteiger partial charge in [-0.25, -0.2) is 15.0 Å². The van der Waals surface area contributed by atoms with Gasteiger partial charge in [0.1, 0.15) is 12.4 Å². The number of hydrogen-bond acceptors (Lipinski definition) is 6. The molecule has 1 amide bonds. The average molecular weight is 427 g/mol. The molecule has 1 unspecified atom stereocenters. The molecular weight excluding hydrogens is 413 g/mol. The SMILES string of the molecule is COCC(NC(=O)c1cc(Cl)cc(C(F)(F)F)c1)c1ncnn1-c1ncccn1. The van der Waals surface area contributed by atoms with Crippen LogP contribution in [0.3, 0.4) is 0 Å². The smallest absolute Gasteiger partial charge is 0.382 e. The summed E-state index contributed by atoms with van der Waals surface area (Å²) in [5, 5.41) is 6.40. The van der Waals surface area contributed by atoms with Crippen molar-refractivity contribution >= 4 is 17.5 Å². The average Bonchev–Trinajstić information content (AvgIpc) is 3.17. The quantitative estimate of drug-likeness (QED) is 0.651. The number of carbonyl (C=O) groups excluding carboxylic acids is 1. The van der Waals surface area contributed by atoms with Gasteiger partial charge in [0.15, 0.2) is 5.82 Å². The molecule has 3 aromatic rings. The van der Waals surface area contributed by atoms with Crippen LogP contribution in [0, 0.1) is 0 Å². The van der Waals surface area contributed by atoms with E-state index in [1.54, 1.807) is 6.07 Å². The van der Waals surface area contributed by atoms with E-state index in [1.807, 2.05) is 0 Å². The summed E-state index contributed by atoms with van der Waals surface area (Å²) in [6.07, 6.45) is -0.400. The Morgan fingerprint density at radius 3 is 2.62 bits per heavy atom. The highest BCUT2D eigenvalue weighted by Gasteiger charge is 2.32. The van der Waals surface area contributed by atoms with Gasteiger partial charge in [-0.15, -0.1) is 0 Å². The molecule has 0 saturated heterocycles. The summed E-state index contributed by atoms with van der Waals surface area (Å²) in [4.78, 5) is 24.9. The molecule has 2 aromatic heterocycles. The number of nitrogens with zero attached hydrogens (tertiary/aromatic N) is 5. The second-order valence-corrected chi connectivity index (χ2v) is 6.22. The lowest BCUT2D eigenvalue weighted by atomic mass is 10.1. The molecule has 3 rings (SSSR count). The zero-order valence-corrected chi connectivity index (χ0v) is 15.6. The molecule has 0 aliphatic heterocycles. The van der Waals surface area contributed by atoms with Crippen molar-refractivity contribution in [3.8, 4) is 5.95 Å². The fourth-order valence-electron chi connectivity index (χ4n) is 2.52. The number of rotatable bonds is 6. The number of nitrogens with one attached hydrogen (secondary N) is 1. The van der Waals surface area contributed by atoms with Gasteiger partial charge in [-0.3, -0.25) is 4.79 Å². The van der Waals surface area contributed by atoms with Gasteiger partial charge < -0.3 is 10.1 Å². The molecule has 0 aliphatic rings. The van der Waals surface area contributed by atoms with E-state index in [4.69, 9.17) is 16.3 Å². The Hall–Kier alpha value is -3.05. The molecule has 0 fully saturated rings. The maximum Gasteiger partial charge on any atom is 0.416 e.